The third-order valence-corrected chi connectivity index (χ3v) is 6.49. The largest absolute Gasteiger partial charge is 1.00 e. The van der Waals surface area contributed by atoms with Gasteiger partial charge in [0.25, 0.3) is 0 Å². The predicted octanol–water partition coefficient (Wildman–Crippen LogP) is -0.449. The van der Waals surface area contributed by atoms with Gasteiger partial charge in [0.05, 0.1) is 57.8 Å². The third kappa shape index (κ3) is 7.47. The number of nitrogens with zero attached hydrogens (tertiary/aromatic N) is 1. The first-order chi connectivity index (χ1) is 19.8. The molecule has 0 atom stereocenters. The summed E-state index contributed by atoms with van der Waals surface area (Å²) in [6, 6.07) is 8.96. The molecule has 0 amide bonds. The van der Waals surface area contributed by atoms with Gasteiger partial charge in [-0.1, -0.05) is 6.07 Å². The molecular weight excluding hydrogens is 583 g/mol. The Balaban J connectivity index is 0.00000405. The van der Waals surface area contributed by atoms with Crippen molar-refractivity contribution in [2.24, 2.45) is 0 Å². The zero-order valence-electron chi connectivity index (χ0n) is 22.8. The van der Waals surface area contributed by atoms with Crippen LogP contribution in [-0.2, 0) is 19.0 Å². The first kappa shape index (κ1) is 32.3. The summed E-state index contributed by atoms with van der Waals surface area (Å²) in [5.74, 6) is -3.65. The molecule has 13 heteroatoms. The number of aromatic hydroxyl groups is 1. The fourth-order valence-corrected chi connectivity index (χ4v) is 4.63. The summed E-state index contributed by atoms with van der Waals surface area (Å²) in [6.45, 7) is 1.63. The quantitative estimate of drug-likeness (QED) is 0.241. The number of carboxylic acids is 1. The SMILES string of the molecule is O=C([O-])CN1CCOCCOCCOCCOc2cc(-c3c4cc(F)c(=O)cc-4oc4cc(O)c(F)cc34)ccc21.[K+]. The van der Waals surface area contributed by atoms with Crippen LogP contribution in [0.1, 0.15) is 0 Å². The molecule has 2 aliphatic heterocycles. The third-order valence-electron chi connectivity index (χ3n) is 6.49. The van der Waals surface area contributed by atoms with Gasteiger partial charge in [-0.15, -0.1) is 0 Å². The van der Waals surface area contributed by atoms with Crippen molar-refractivity contribution in [3.63, 3.8) is 0 Å². The van der Waals surface area contributed by atoms with E-state index in [9.17, 15) is 28.6 Å². The van der Waals surface area contributed by atoms with Gasteiger partial charge in [0.15, 0.2) is 17.4 Å². The van der Waals surface area contributed by atoms with Crippen LogP contribution in [0.4, 0.5) is 14.5 Å². The van der Waals surface area contributed by atoms with Crippen LogP contribution in [0, 0.1) is 11.6 Å². The van der Waals surface area contributed by atoms with E-state index >= 15 is 0 Å². The summed E-state index contributed by atoms with van der Waals surface area (Å²) >= 11 is 0. The fraction of sp³-hybridized carbons (Fsp3) is 0.310. The van der Waals surface area contributed by atoms with Crippen molar-refractivity contribution in [3.8, 4) is 33.9 Å². The van der Waals surface area contributed by atoms with Gasteiger partial charge in [0, 0.05) is 35.2 Å². The Bertz CT molecular complexity index is 1600. The number of carbonyl (C=O) groups excluding carboxylic acids is 1. The smallest absolute Gasteiger partial charge is 0.548 e. The maximum atomic E-state index is 14.5. The molecule has 0 saturated heterocycles. The molecule has 0 saturated carbocycles. The number of anilines is 1. The molecule has 2 aromatic rings. The molecule has 0 aromatic heterocycles. The molecule has 3 aliphatic rings. The number of phenols is 1. The Labute approximate surface area is 281 Å². The van der Waals surface area contributed by atoms with Gasteiger partial charge in [0.1, 0.15) is 23.7 Å². The molecule has 0 fully saturated rings. The zero-order valence-corrected chi connectivity index (χ0v) is 25.9. The number of fused-ring (bicyclic) bond motifs is 3. The number of rotatable bonds is 3. The Kier molecular flexibility index (Phi) is 11.3. The summed E-state index contributed by atoms with van der Waals surface area (Å²) in [5, 5.41) is 21.7. The van der Waals surface area contributed by atoms with Crippen LogP contribution in [0.5, 0.6) is 11.5 Å². The topological polar surface area (TPSA) is 131 Å². The monoisotopic (exact) mass is 609 g/mol. The number of ether oxygens (including phenoxy) is 4. The van der Waals surface area contributed by atoms with Gasteiger partial charge in [0.2, 0.25) is 5.43 Å². The van der Waals surface area contributed by atoms with Gasteiger partial charge in [-0.2, -0.15) is 0 Å². The van der Waals surface area contributed by atoms with Crippen molar-refractivity contribution < 1.29 is 98.5 Å². The van der Waals surface area contributed by atoms with Gasteiger partial charge in [-0.25, -0.2) is 8.78 Å². The van der Waals surface area contributed by atoms with E-state index in [0.717, 1.165) is 24.3 Å². The van der Waals surface area contributed by atoms with Gasteiger partial charge < -0.3 is 43.3 Å². The maximum Gasteiger partial charge on any atom is 1.00 e. The molecule has 216 valence electrons. The van der Waals surface area contributed by atoms with E-state index in [0.29, 0.717) is 43.2 Å². The van der Waals surface area contributed by atoms with Crippen LogP contribution in [0.3, 0.4) is 0 Å². The number of phenolic OH excluding ortho intramolecular Hbond substituents is 1. The average molecular weight is 610 g/mol. The summed E-state index contributed by atoms with van der Waals surface area (Å²) in [5.41, 5.74) is 0.491. The standard InChI is InChI=1S/C29H27F2NO9.K/c30-20-12-18-25(14-23(20)33)41-26-15-24(34)21(31)13-19(26)29(18)17-1-2-22-27(11-17)40-10-9-39-8-7-38-6-5-37-4-3-32(22)16-28(35)36;/h1-2,11-15,33H,3-10,16H2,(H,35,36);/q;+1/p-1. The second-order valence-corrected chi connectivity index (χ2v) is 9.22. The summed E-state index contributed by atoms with van der Waals surface area (Å²) in [6.07, 6.45) is 0. The minimum absolute atomic E-state index is 0. The van der Waals surface area contributed by atoms with E-state index in [1.54, 1.807) is 18.2 Å². The van der Waals surface area contributed by atoms with Crippen molar-refractivity contribution in [3.05, 3.63) is 64.3 Å². The molecule has 1 aliphatic carbocycles. The Morgan fingerprint density at radius 3 is 2.31 bits per heavy atom. The summed E-state index contributed by atoms with van der Waals surface area (Å²) in [4.78, 5) is 25.2. The Morgan fingerprint density at radius 2 is 1.60 bits per heavy atom. The molecule has 0 spiro atoms. The van der Waals surface area contributed by atoms with Crippen molar-refractivity contribution >= 4 is 22.6 Å². The first-order valence-electron chi connectivity index (χ1n) is 12.9. The number of carboxylic acid groups (broad SMARTS) is 1. The fourth-order valence-electron chi connectivity index (χ4n) is 4.63. The second-order valence-electron chi connectivity index (χ2n) is 9.22. The molecule has 0 radical (unpaired) electrons. The van der Waals surface area contributed by atoms with Crippen LogP contribution in [-0.4, -0.2) is 70.4 Å². The number of aliphatic carboxylic acids is 1. The number of hydrogen-bond donors (Lipinski definition) is 1. The van der Waals surface area contributed by atoms with E-state index in [1.807, 2.05) is 0 Å². The molecule has 5 rings (SSSR count). The number of hydrogen-bond acceptors (Lipinski definition) is 10. The summed E-state index contributed by atoms with van der Waals surface area (Å²) < 4.78 is 57.3. The molecule has 0 unspecified atom stereocenters. The second kappa shape index (κ2) is 14.7. The van der Waals surface area contributed by atoms with E-state index in [4.69, 9.17) is 23.4 Å². The molecule has 2 heterocycles. The Hall–Kier alpha value is -2.62. The first-order valence-corrected chi connectivity index (χ1v) is 12.9. The number of halogens is 2. The van der Waals surface area contributed by atoms with Crippen LogP contribution in [0.25, 0.3) is 33.4 Å². The van der Waals surface area contributed by atoms with E-state index in [2.05, 4.69) is 0 Å². The van der Waals surface area contributed by atoms with Crippen molar-refractivity contribution in [1.82, 2.24) is 0 Å². The van der Waals surface area contributed by atoms with Crippen molar-refractivity contribution in [1.29, 1.82) is 0 Å². The van der Waals surface area contributed by atoms with Crippen molar-refractivity contribution in [2.45, 2.75) is 0 Å². The average Bonchev–Trinajstić information content (AvgIpc) is 2.94. The van der Waals surface area contributed by atoms with Crippen LogP contribution in [0.15, 0.2) is 51.7 Å². The molecule has 0 bridgehead atoms. The van der Waals surface area contributed by atoms with Crippen LogP contribution in [0.2, 0.25) is 0 Å². The van der Waals surface area contributed by atoms with Gasteiger partial charge in [-0.3, -0.25) is 4.79 Å². The predicted molar refractivity (Wildman–Crippen MR) is 141 cm³/mol. The molecular formula is C29H26F2KNO9. The zero-order chi connectivity index (χ0) is 28.9. The van der Waals surface area contributed by atoms with E-state index in [1.165, 1.54) is 4.90 Å². The molecule has 1 N–H and O–H groups in total. The van der Waals surface area contributed by atoms with Crippen molar-refractivity contribution in [2.75, 3.05) is 64.2 Å². The number of carbonyl (C=O) groups is 1. The Morgan fingerprint density at radius 1 is 0.905 bits per heavy atom. The van der Waals surface area contributed by atoms with Crippen LogP contribution >= 0.6 is 0 Å². The number of benzene rings is 3. The molecule has 10 nitrogen and oxygen atoms in total. The summed E-state index contributed by atoms with van der Waals surface area (Å²) in [7, 11) is 0. The van der Waals surface area contributed by atoms with E-state index < -0.39 is 35.3 Å². The van der Waals surface area contributed by atoms with Crippen LogP contribution < -0.4 is 71.6 Å². The molecule has 42 heavy (non-hydrogen) atoms. The minimum atomic E-state index is -1.31. The van der Waals surface area contributed by atoms with Gasteiger partial charge in [-0.05, 0) is 29.8 Å². The normalized spacial score (nSPS) is 15.2. The maximum absolute atomic E-state index is 14.5. The van der Waals surface area contributed by atoms with E-state index in [-0.39, 0.29) is 106 Å². The molecule has 2 aromatic carbocycles. The minimum Gasteiger partial charge on any atom is -0.548 e. The van der Waals surface area contributed by atoms with Gasteiger partial charge >= 0.3 is 51.4 Å².